The first kappa shape index (κ1) is 22.1. The Balaban J connectivity index is 1.64. The Morgan fingerprint density at radius 1 is 1.13 bits per heavy atom. The van der Waals surface area contributed by atoms with Gasteiger partial charge in [0.15, 0.2) is 0 Å². The average molecular weight is 440 g/mol. The molecule has 7 heteroatoms. The maximum absolute atomic E-state index is 12.9. The van der Waals surface area contributed by atoms with Crippen LogP contribution in [-0.4, -0.2) is 16.8 Å². The Labute approximate surface area is 185 Å². The highest BCUT2D eigenvalue weighted by atomic mass is 32.2. The Kier molecular flexibility index (Phi) is 7.65. The number of benzene rings is 2. The van der Waals surface area contributed by atoms with Crippen molar-refractivity contribution >= 4 is 40.6 Å². The molecule has 0 aliphatic heterocycles. The molecule has 2 N–H and O–H groups in total. The maximum atomic E-state index is 12.9. The Morgan fingerprint density at radius 2 is 1.87 bits per heavy atom. The molecule has 0 fully saturated rings. The summed E-state index contributed by atoms with van der Waals surface area (Å²) in [4.78, 5) is 29.9. The van der Waals surface area contributed by atoms with Gasteiger partial charge >= 0.3 is 0 Å². The third-order valence-electron chi connectivity index (χ3n) is 4.54. The molecule has 5 nitrogen and oxygen atoms in total. The minimum absolute atomic E-state index is 0.0222. The summed E-state index contributed by atoms with van der Waals surface area (Å²) in [6, 6.07) is 15.0. The Morgan fingerprint density at radius 3 is 2.53 bits per heavy atom. The number of hydrogen-bond acceptors (Lipinski definition) is 5. The van der Waals surface area contributed by atoms with Gasteiger partial charge in [0.05, 0.1) is 22.3 Å². The molecule has 0 radical (unpaired) electrons. The second kappa shape index (κ2) is 10.4. The summed E-state index contributed by atoms with van der Waals surface area (Å²) in [5.41, 5.74) is 3.42. The summed E-state index contributed by atoms with van der Waals surface area (Å²) < 4.78 is 0. The number of thiazole rings is 1. The van der Waals surface area contributed by atoms with Gasteiger partial charge < -0.3 is 10.6 Å². The first-order valence-electron chi connectivity index (χ1n) is 9.79. The summed E-state index contributed by atoms with van der Waals surface area (Å²) in [5.74, 6) is 0.601. The molecule has 3 aromatic rings. The fraction of sp³-hybridized carbons (Fsp3) is 0.261. The minimum atomic E-state index is -0.160. The monoisotopic (exact) mass is 439 g/mol. The first-order valence-corrected chi connectivity index (χ1v) is 11.7. The minimum Gasteiger partial charge on any atom is -0.345 e. The van der Waals surface area contributed by atoms with Crippen LogP contribution in [-0.2, 0) is 10.5 Å². The van der Waals surface area contributed by atoms with Gasteiger partial charge in [0.25, 0.3) is 5.91 Å². The van der Waals surface area contributed by atoms with Crippen molar-refractivity contribution in [2.24, 2.45) is 0 Å². The molecule has 1 atom stereocenters. The lowest BCUT2D eigenvalue weighted by Gasteiger charge is -2.16. The number of nitrogens with one attached hydrogen (secondary N) is 2. The molecule has 0 saturated heterocycles. The van der Waals surface area contributed by atoms with Crippen LogP contribution in [0.1, 0.15) is 52.9 Å². The van der Waals surface area contributed by atoms with Gasteiger partial charge in [-0.1, -0.05) is 31.2 Å². The molecule has 1 unspecified atom stereocenters. The van der Waals surface area contributed by atoms with E-state index in [0.29, 0.717) is 12.0 Å². The standard InChI is InChI=1S/C23H25N3O2S2/c1-4-22(27)26-18-11-9-17(10-12-18)15(2)24-23(28)20-7-5-6-8-21(20)30-14-19-13-29-16(3)25-19/h5-13,15H,4,14H2,1-3H3,(H,24,28)(H,26,27). The number of rotatable bonds is 8. The third-order valence-corrected chi connectivity index (χ3v) is 6.47. The van der Waals surface area contributed by atoms with Crippen LogP contribution in [0.4, 0.5) is 5.69 Å². The topological polar surface area (TPSA) is 71.1 Å². The van der Waals surface area contributed by atoms with Crippen LogP contribution >= 0.6 is 23.1 Å². The molecule has 1 aromatic heterocycles. The predicted octanol–water partition coefficient (Wildman–Crippen LogP) is 5.58. The zero-order valence-electron chi connectivity index (χ0n) is 17.3. The summed E-state index contributed by atoms with van der Waals surface area (Å²) in [5, 5.41) is 9.00. The lowest BCUT2D eigenvalue weighted by molar-refractivity contribution is -0.115. The molecule has 2 aromatic carbocycles. The van der Waals surface area contributed by atoms with Crippen molar-refractivity contribution in [1.29, 1.82) is 0 Å². The molecular formula is C23H25N3O2S2. The van der Waals surface area contributed by atoms with Crippen LogP contribution in [0.5, 0.6) is 0 Å². The van der Waals surface area contributed by atoms with Gasteiger partial charge in [0.2, 0.25) is 5.91 Å². The molecule has 156 valence electrons. The number of aryl methyl sites for hydroxylation is 1. The smallest absolute Gasteiger partial charge is 0.252 e. The summed E-state index contributed by atoms with van der Waals surface area (Å²) >= 11 is 3.25. The van der Waals surface area contributed by atoms with Gasteiger partial charge in [-0.2, -0.15) is 0 Å². The Bertz CT molecular complexity index is 1020. The number of carbonyl (C=O) groups excluding carboxylic acids is 2. The van der Waals surface area contributed by atoms with E-state index in [4.69, 9.17) is 0 Å². The van der Waals surface area contributed by atoms with E-state index in [1.54, 1.807) is 23.1 Å². The SMILES string of the molecule is CCC(=O)Nc1ccc(C(C)NC(=O)c2ccccc2SCc2csc(C)n2)cc1. The van der Waals surface area contributed by atoms with E-state index in [1.165, 1.54) is 0 Å². The number of anilines is 1. The summed E-state index contributed by atoms with van der Waals surface area (Å²) in [6.07, 6.45) is 0.438. The van der Waals surface area contributed by atoms with E-state index in [1.807, 2.05) is 69.3 Å². The highest BCUT2D eigenvalue weighted by Crippen LogP contribution is 2.27. The fourth-order valence-electron chi connectivity index (χ4n) is 2.87. The summed E-state index contributed by atoms with van der Waals surface area (Å²) in [6.45, 7) is 5.76. The highest BCUT2D eigenvalue weighted by molar-refractivity contribution is 7.98. The van der Waals surface area contributed by atoms with E-state index >= 15 is 0 Å². The van der Waals surface area contributed by atoms with Crippen LogP contribution in [0.15, 0.2) is 58.8 Å². The molecule has 3 rings (SSSR count). The van der Waals surface area contributed by atoms with Gasteiger partial charge in [-0.05, 0) is 43.7 Å². The third kappa shape index (κ3) is 5.93. The van der Waals surface area contributed by atoms with E-state index in [-0.39, 0.29) is 17.9 Å². The van der Waals surface area contributed by atoms with E-state index < -0.39 is 0 Å². The van der Waals surface area contributed by atoms with Crippen LogP contribution in [0.3, 0.4) is 0 Å². The van der Waals surface area contributed by atoms with Crippen LogP contribution < -0.4 is 10.6 Å². The fourth-order valence-corrected chi connectivity index (χ4v) is 4.53. The van der Waals surface area contributed by atoms with Gasteiger partial charge in [-0.25, -0.2) is 4.98 Å². The highest BCUT2D eigenvalue weighted by Gasteiger charge is 2.15. The molecule has 0 spiro atoms. The Hall–Kier alpha value is -2.64. The van der Waals surface area contributed by atoms with Crippen molar-refractivity contribution in [3.05, 3.63) is 75.7 Å². The number of nitrogens with zero attached hydrogens (tertiary/aromatic N) is 1. The zero-order valence-corrected chi connectivity index (χ0v) is 18.9. The zero-order chi connectivity index (χ0) is 21.5. The van der Waals surface area contributed by atoms with Gasteiger partial charge in [-0.15, -0.1) is 23.1 Å². The van der Waals surface area contributed by atoms with Crippen molar-refractivity contribution in [3.8, 4) is 0 Å². The molecule has 0 aliphatic carbocycles. The van der Waals surface area contributed by atoms with Gasteiger partial charge in [-0.3, -0.25) is 9.59 Å². The number of thioether (sulfide) groups is 1. The van der Waals surface area contributed by atoms with Crippen molar-refractivity contribution in [3.63, 3.8) is 0 Å². The second-order valence-electron chi connectivity index (χ2n) is 6.86. The van der Waals surface area contributed by atoms with Crippen molar-refractivity contribution in [2.45, 2.75) is 43.9 Å². The van der Waals surface area contributed by atoms with E-state index in [0.717, 1.165) is 32.6 Å². The number of amides is 2. The number of hydrogen-bond donors (Lipinski definition) is 2. The average Bonchev–Trinajstić information content (AvgIpc) is 3.17. The van der Waals surface area contributed by atoms with E-state index in [9.17, 15) is 9.59 Å². The van der Waals surface area contributed by atoms with Crippen LogP contribution in [0.25, 0.3) is 0 Å². The molecular weight excluding hydrogens is 414 g/mol. The second-order valence-corrected chi connectivity index (χ2v) is 8.94. The summed E-state index contributed by atoms with van der Waals surface area (Å²) in [7, 11) is 0. The molecule has 0 saturated carbocycles. The van der Waals surface area contributed by atoms with Crippen molar-refractivity contribution in [2.75, 3.05) is 5.32 Å². The largest absolute Gasteiger partial charge is 0.345 e. The van der Waals surface area contributed by atoms with Gasteiger partial charge in [0, 0.05) is 28.1 Å². The van der Waals surface area contributed by atoms with Crippen molar-refractivity contribution in [1.82, 2.24) is 10.3 Å². The number of aromatic nitrogens is 1. The molecule has 30 heavy (non-hydrogen) atoms. The molecule has 1 heterocycles. The predicted molar refractivity (Wildman–Crippen MR) is 124 cm³/mol. The van der Waals surface area contributed by atoms with Crippen LogP contribution in [0.2, 0.25) is 0 Å². The number of carbonyl (C=O) groups is 2. The van der Waals surface area contributed by atoms with E-state index in [2.05, 4.69) is 21.0 Å². The molecule has 0 aliphatic rings. The lowest BCUT2D eigenvalue weighted by Crippen LogP contribution is -2.27. The first-order chi connectivity index (χ1) is 14.5. The maximum Gasteiger partial charge on any atom is 0.252 e. The normalized spacial score (nSPS) is 11.7. The lowest BCUT2D eigenvalue weighted by atomic mass is 10.1. The van der Waals surface area contributed by atoms with Crippen LogP contribution in [0, 0.1) is 6.92 Å². The molecule has 0 bridgehead atoms. The van der Waals surface area contributed by atoms with Gasteiger partial charge in [0.1, 0.15) is 0 Å². The quantitative estimate of drug-likeness (QED) is 0.449. The van der Waals surface area contributed by atoms with Crippen molar-refractivity contribution < 1.29 is 9.59 Å². The molecule has 2 amide bonds.